The minimum absolute atomic E-state index is 0.281. The van der Waals surface area contributed by atoms with Crippen molar-refractivity contribution in [2.24, 2.45) is 0 Å². The van der Waals surface area contributed by atoms with E-state index in [0.29, 0.717) is 28.1 Å². The molecule has 0 aliphatic heterocycles. The number of nitrogens with zero attached hydrogens (tertiary/aromatic N) is 1. The Kier molecular flexibility index (Phi) is 8.71. The number of ether oxygens (including phenoxy) is 3. The van der Waals surface area contributed by atoms with E-state index in [1.807, 2.05) is 99.6 Å². The second-order valence-corrected chi connectivity index (χ2v) is 11.0. The number of rotatable bonds is 11. The van der Waals surface area contributed by atoms with Crippen molar-refractivity contribution < 1.29 is 23.3 Å². The van der Waals surface area contributed by atoms with Crippen molar-refractivity contribution in [1.82, 2.24) is 0 Å². The maximum atomic E-state index is 15.0. The van der Waals surface area contributed by atoms with Gasteiger partial charge in [0.05, 0.1) is 27.4 Å². The smallest absolute Gasteiger partial charge is 0.258 e. The summed E-state index contributed by atoms with van der Waals surface area (Å²) in [6.07, 6.45) is -0.281. The molecule has 0 radical (unpaired) electrons. The van der Waals surface area contributed by atoms with Gasteiger partial charge < -0.3 is 29.0 Å². The predicted octanol–water partition coefficient (Wildman–Crippen LogP) is 5.92. The fourth-order valence-electron chi connectivity index (χ4n) is 3.86. The van der Waals surface area contributed by atoms with Gasteiger partial charge in [-0.25, -0.2) is 0 Å². The first-order valence-electron chi connectivity index (χ1n) is 11.4. The molecule has 0 aliphatic rings. The van der Waals surface area contributed by atoms with Crippen molar-refractivity contribution in [3.63, 3.8) is 0 Å². The molecule has 8 heteroatoms. The summed E-state index contributed by atoms with van der Waals surface area (Å²) in [6, 6.07) is 20.9. The van der Waals surface area contributed by atoms with E-state index in [4.69, 9.17) is 18.7 Å². The number of methoxy groups -OCH3 is 3. The molecule has 0 unspecified atom stereocenters. The van der Waals surface area contributed by atoms with Gasteiger partial charge >= 0.3 is 0 Å². The standard InChI is InChI=1S/C27H35N2O5P/c1-19(2)34-35(30,23-15-13-22(14-16-23)29(3)4)27(28-21-11-9-8-10-12-21)20-17-24(31-5)26(33-7)25(18-20)32-6/h8-19,27-28H,1-7H3/t27-,35+/m0/s1. The minimum Gasteiger partial charge on any atom is -0.493 e. The van der Waals surface area contributed by atoms with E-state index in [-0.39, 0.29) is 6.10 Å². The van der Waals surface area contributed by atoms with Gasteiger partial charge in [0.1, 0.15) is 5.78 Å². The molecule has 0 fully saturated rings. The monoisotopic (exact) mass is 498 g/mol. The van der Waals surface area contributed by atoms with Crippen LogP contribution in [0.4, 0.5) is 11.4 Å². The van der Waals surface area contributed by atoms with Crippen LogP contribution in [0, 0.1) is 0 Å². The molecule has 188 valence electrons. The zero-order valence-electron chi connectivity index (χ0n) is 21.4. The fourth-order valence-corrected chi connectivity index (χ4v) is 6.45. The molecule has 3 aromatic rings. The summed E-state index contributed by atoms with van der Waals surface area (Å²) in [6.45, 7) is 3.77. The van der Waals surface area contributed by atoms with Crippen molar-refractivity contribution in [2.75, 3.05) is 45.6 Å². The van der Waals surface area contributed by atoms with Crippen LogP contribution in [0.15, 0.2) is 66.7 Å². The van der Waals surface area contributed by atoms with Crippen LogP contribution in [-0.2, 0) is 9.09 Å². The molecule has 3 rings (SSSR count). The highest BCUT2D eigenvalue weighted by molar-refractivity contribution is 7.67. The highest BCUT2D eigenvalue weighted by Gasteiger charge is 2.40. The quantitative estimate of drug-likeness (QED) is 0.329. The molecular formula is C27H35N2O5P. The molecule has 0 aromatic heterocycles. The zero-order chi connectivity index (χ0) is 25.6. The van der Waals surface area contributed by atoms with Gasteiger partial charge in [-0.1, -0.05) is 18.2 Å². The average Bonchev–Trinajstić information content (AvgIpc) is 2.86. The molecule has 2 atom stereocenters. The average molecular weight is 499 g/mol. The maximum Gasteiger partial charge on any atom is 0.258 e. The lowest BCUT2D eigenvalue weighted by molar-refractivity contribution is 0.245. The Morgan fingerprint density at radius 3 is 1.86 bits per heavy atom. The molecule has 1 N–H and O–H groups in total. The van der Waals surface area contributed by atoms with Crippen molar-refractivity contribution in [3.05, 3.63) is 72.3 Å². The Balaban J connectivity index is 2.25. The van der Waals surface area contributed by atoms with Gasteiger partial charge in [-0.15, -0.1) is 0 Å². The van der Waals surface area contributed by atoms with Gasteiger partial charge in [-0.2, -0.15) is 0 Å². The van der Waals surface area contributed by atoms with E-state index in [0.717, 1.165) is 11.4 Å². The molecule has 0 bridgehead atoms. The first-order chi connectivity index (χ1) is 16.7. The molecule has 7 nitrogen and oxygen atoms in total. The van der Waals surface area contributed by atoms with Gasteiger partial charge in [-0.05, 0) is 67.9 Å². The Labute approximate surface area is 208 Å². The van der Waals surface area contributed by atoms with E-state index < -0.39 is 13.2 Å². The van der Waals surface area contributed by atoms with E-state index in [9.17, 15) is 4.57 Å². The summed E-state index contributed by atoms with van der Waals surface area (Å²) in [5.74, 6) is 0.680. The van der Waals surface area contributed by atoms with Crippen LogP contribution < -0.4 is 29.7 Å². The number of benzene rings is 3. The Bertz CT molecular complexity index is 1120. The van der Waals surface area contributed by atoms with Crippen LogP contribution in [-0.4, -0.2) is 41.5 Å². The number of para-hydroxylation sites is 1. The van der Waals surface area contributed by atoms with Crippen LogP contribution in [0.1, 0.15) is 25.2 Å². The van der Waals surface area contributed by atoms with E-state index in [1.54, 1.807) is 21.3 Å². The second kappa shape index (κ2) is 11.5. The van der Waals surface area contributed by atoms with Crippen molar-refractivity contribution in [3.8, 4) is 17.2 Å². The lowest BCUT2D eigenvalue weighted by atomic mass is 10.1. The normalized spacial score (nSPS) is 13.6. The summed E-state index contributed by atoms with van der Waals surface area (Å²) < 4.78 is 37.9. The van der Waals surface area contributed by atoms with Crippen molar-refractivity contribution >= 4 is 24.0 Å². The third-order valence-corrected chi connectivity index (χ3v) is 8.37. The van der Waals surface area contributed by atoms with E-state index in [2.05, 4.69) is 5.32 Å². The van der Waals surface area contributed by atoms with Gasteiger partial charge in [0, 0.05) is 30.8 Å². The molecule has 0 spiro atoms. The zero-order valence-corrected chi connectivity index (χ0v) is 22.3. The maximum absolute atomic E-state index is 15.0. The molecular weight excluding hydrogens is 463 g/mol. The Morgan fingerprint density at radius 2 is 1.40 bits per heavy atom. The number of hydrogen-bond acceptors (Lipinski definition) is 7. The van der Waals surface area contributed by atoms with Gasteiger partial charge in [0.25, 0.3) is 7.37 Å². The van der Waals surface area contributed by atoms with Crippen molar-refractivity contribution in [1.29, 1.82) is 0 Å². The summed E-state index contributed by atoms with van der Waals surface area (Å²) in [5, 5.41) is 4.08. The van der Waals surface area contributed by atoms with Crippen LogP contribution in [0.25, 0.3) is 0 Å². The minimum atomic E-state index is -3.54. The largest absolute Gasteiger partial charge is 0.493 e. The number of hydrogen-bond donors (Lipinski definition) is 1. The molecule has 3 aromatic carbocycles. The molecule has 0 amide bonds. The Morgan fingerprint density at radius 1 is 0.829 bits per heavy atom. The molecule has 35 heavy (non-hydrogen) atoms. The first-order valence-corrected chi connectivity index (χ1v) is 13.1. The van der Waals surface area contributed by atoms with Crippen LogP contribution in [0.2, 0.25) is 0 Å². The number of nitrogens with one attached hydrogen (secondary N) is 1. The summed E-state index contributed by atoms with van der Waals surface area (Å²) in [7, 11) is 5.07. The molecule has 0 aliphatic carbocycles. The lowest BCUT2D eigenvalue weighted by Crippen LogP contribution is -2.23. The van der Waals surface area contributed by atoms with Gasteiger partial charge in [-0.3, -0.25) is 4.57 Å². The topological polar surface area (TPSA) is 69.3 Å². The highest BCUT2D eigenvalue weighted by atomic mass is 31.2. The first kappa shape index (κ1) is 26.5. The Hall–Kier alpha value is -3.15. The highest BCUT2D eigenvalue weighted by Crippen LogP contribution is 2.61. The van der Waals surface area contributed by atoms with Crippen molar-refractivity contribution in [2.45, 2.75) is 25.7 Å². The molecule has 0 saturated carbocycles. The number of anilines is 2. The van der Waals surface area contributed by atoms with Crippen LogP contribution in [0.5, 0.6) is 17.2 Å². The van der Waals surface area contributed by atoms with E-state index >= 15 is 0 Å². The fraction of sp³-hybridized carbons (Fsp3) is 0.333. The third kappa shape index (κ3) is 5.92. The van der Waals surface area contributed by atoms with Gasteiger partial charge in [0.15, 0.2) is 11.5 Å². The van der Waals surface area contributed by atoms with E-state index in [1.165, 1.54) is 0 Å². The lowest BCUT2D eigenvalue weighted by Gasteiger charge is -2.32. The molecule has 0 saturated heterocycles. The summed E-state index contributed by atoms with van der Waals surface area (Å²) in [5.41, 5.74) is 2.50. The summed E-state index contributed by atoms with van der Waals surface area (Å²) >= 11 is 0. The SMILES string of the molecule is COc1cc([C@@H](Nc2ccccc2)[P@](=O)(OC(C)C)c2ccc(N(C)C)cc2)cc(OC)c1OC. The third-order valence-electron chi connectivity index (χ3n) is 5.51. The summed E-state index contributed by atoms with van der Waals surface area (Å²) in [4.78, 5) is 2.00. The molecule has 0 heterocycles. The predicted molar refractivity (Wildman–Crippen MR) is 143 cm³/mol. The van der Waals surface area contributed by atoms with Crippen LogP contribution in [0.3, 0.4) is 0 Å². The van der Waals surface area contributed by atoms with Crippen LogP contribution >= 0.6 is 7.37 Å². The van der Waals surface area contributed by atoms with Gasteiger partial charge in [0.2, 0.25) is 5.75 Å². The second-order valence-electron chi connectivity index (χ2n) is 8.53.